The molecule has 5 nitrogen and oxygen atoms in total. The highest BCUT2D eigenvalue weighted by molar-refractivity contribution is 6.01. The van der Waals surface area contributed by atoms with Crippen LogP contribution >= 0.6 is 0 Å². The van der Waals surface area contributed by atoms with E-state index in [1.165, 1.54) is 6.08 Å². The molecule has 0 bridgehead atoms. The van der Waals surface area contributed by atoms with Gasteiger partial charge in [0.2, 0.25) is 0 Å². The quantitative estimate of drug-likeness (QED) is 0.455. The average molecular weight is 302 g/mol. The molecule has 1 fully saturated rings. The highest BCUT2D eigenvalue weighted by Gasteiger charge is 2.36. The summed E-state index contributed by atoms with van der Waals surface area (Å²) >= 11 is 0. The lowest BCUT2D eigenvalue weighted by atomic mass is 10.2. The topological polar surface area (TPSA) is 75.3 Å². The minimum Gasteiger partial charge on any atom is -0.461 e. The third-order valence-electron chi connectivity index (χ3n) is 3.73. The normalized spacial score (nSPS) is 20.5. The summed E-state index contributed by atoms with van der Waals surface area (Å²) in [5.41, 5.74) is 0.0566. The molecular formula is C17H22N2O3. The van der Waals surface area contributed by atoms with Crippen LogP contribution in [0.25, 0.3) is 6.08 Å². The second kappa shape index (κ2) is 7.81. The Labute approximate surface area is 130 Å². The fourth-order valence-electron chi connectivity index (χ4n) is 2.27. The highest BCUT2D eigenvalue weighted by atomic mass is 16.5. The highest BCUT2D eigenvalue weighted by Crippen LogP contribution is 2.47. The van der Waals surface area contributed by atoms with Crippen LogP contribution in [-0.4, -0.2) is 25.7 Å². The number of nitrogens with zero attached hydrogens (tertiary/aromatic N) is 1. The molecule has 1 N–H and O–H groups in total. The number of nitriles is 1. The number of carbonyl (C=O) groups is 1. The summed E-state index contributed by atoms with van der Waals surface area (Å²) in [6, 6.07) is 5.65. The summed E-state index contributed by atoms with van der Waals surface area (Å²) in [7, 11) is 0. The van der Waals surface area contributed by atoms with E-state index in [4.69, 9.17) is 14.4 Å². The number of hydrogen-bond donors (Lipinski definition) is 1. The molecule has 1 saturated carbocycles. The Kier molecular flexibility index (Phi) is 5.79. The van der Waals surface area contributed by atoms with Crippen LogP contribution in [0.15, 0.2) is 22.1 Å². The first-order chi connectivity index (χ1) is 10.7. The van der Waals surface area contributed by atoms with E-state index in [1.807, 2.05) is 19.1 Å². The first-order valence-corrected chi connectivity index (χ1v) is 7.73. The monoisotopic (exact) mass is 302 g/mol. The van der Waals surface area contributed by atoms with Crippen molar-refractivity contribution in [3.63, 3.8) is 0 Å². The van der Waals surface area contributed by atoms with Crippen LogP contribution in [0.1, 0.15) is 44.1 Å². The zero-order valence-electron chi connectivity index (χ0n) is 13.1. The molecule has 2 rings (SSSR count). The Morgan fingerprint density at radius 3 is 3.00 bits per heavy atom. The van der Waals surface area contributed by atoms with Gasteiger partial charge < -0.3 is 14.5 Å². The lowest BCUT2D eigenvalue weighted by Gasteiger charge is -2.04. The van der Waals surface area contributed by atoms with Crippen molar-refractivity contribution < 1.29 is 13.9 Å². The molecule has 22 heavy (non-hydrogen) atoms. The molecule has 1 heterocycles. The molecule has 0 aliphatic heterocycles. The third-order valence-corrected chi connectivity index (χ3v) is 3.73. The van der Waals surface area contributed by atoms with Crippen molar-refractivity contribution in [3.05, 3.63) is 29.2 Å². The van der Waals surface area contributed by atoms with Crippen molar-refractivity contribution >= 4 is 12.0 Å². The van der Waals surface area contributed by atoms with Gasteiger partial charge in [-0.15, -0.1) is 0 Å². The van der Waals surface area contributed by atoms with Crippen molar-refractivity contribution in [2.75, 3.05) is 19.8 Å². The molecule has 0 aromatic carbocycles. The number of furan rings is 1. The minimum absolute atomic E-state index is 0.0566. The maximum absolute atomic E-state index is 11.9. The van der Waals surface area contributed by atoms with Gasteiger partial charge in [-0.1, -0.05) is 6.92 Å². The van der Waals surface area contributed by atoms with Crippen molar-refractivity contribution in [1.82, 2.24) is 5.32 Å². The van der Waals surface area contributed by atoms with Crippen molar-refractivity contribution in [3.8, 4) is 6.07 Å². The largest absolute Gasteiger partial charge is 0.461 e. The lowest BCUT2D eigenvalue weighted by molar-refractivity contribution is -0.117. The van der Waals surface area contributed by atoms with E-state index in [0.717, 1.165) is 18.6 Å². The molecule has 0 saturated heterocycles. The maximum Gasteiger partial charge on any atom is 0.262 e. The Hall–Kier alpha value is -2.06. The van der Waals surface area contributed by atoms with Gasteiger partial charge in [0.15, 0.2) is 0 Å². The van der Waals surface area contributed by atoms with E-state index in [0.29, 0.717) is 37.4 Å². The Morgan fingerprint density at radius 2 is 2.36 bits per heavy atom. The fourth-order valence-corrected chi connectivity index (χ4v) is 2.27. The lowest BCUT2D eigenvalue weighted by Crippen LogP contribution is -2.26. The van der Waals surface area contributed by atoms with Crippen LogP contribution in [0.3, 0.4) is 0 Å². The average Bonchev–Trinajstić information content (AvgIpc) is 3.06. The molecule has 118 valence electrons. The van der Waals surface area contributed by atoms with Crippen LogP contribution in [0.5, 0.6) is 0 Å². The number of ether oxygens (including phenoxy) is 1. The summed E-state index contributed by atoms with van der Waals surface area (Å²) < 4.78 is 10.9. The maximum atomic E-state index is 11.9. The van der Waals surface area contributed by atoms with Crippen molar-refractivity contribution in [1.29, 1.82) is 5.26 Å². The van der Waals surface area contributed by atoms with Gasteiger partial charge >= 0.3 is 0 Å². The van der Waals surface area contributed by atoms with Crippen LogP contribution in [-0.2, 0) is 9.53 Å². The molecule has 1 aromatic rings. The Balaban J connectivity index is 1.88. The Morgan fingerprint density at radius 1 is 1.59 bits per heavy atom. The summed E-state index contributed by atoms with van der Waals surface area (Å²) in [5.74, 6) is 2.26. The molecule has 2 atom stereocenters. The van der Waals surface area contributed by atoms with E-state index in [9.17, 15) is 4.79 Å². The second-order valence-corrected chi connectivity index (χ2v) is 5.54. The predicted molar refractivity (Wildman–Crippen MR) is 82.9 cm³/mol. The van der Waals surface area contributed by atoms with Crippen molar-refractivity contribution in [2.24, 2.45) is 5.92 Å². The van der Waals surface area contributed by atoms with Gasteiger partial charge in [0.1, 0.15) is 23.2 Å². The zero-order valence-corrected chi connectivity index (χ0v) is 13.1. The first kappa shape index (κ1) is 16.3. The van der Waals surface area contributed by atoms with E-state index >= 15 is 0 Å². The summed E-state index contributed by atoms with van der Waals surface area (Å²) in [5, 5.41) is 11.8. The summed E-state index contributed by atoms with van der Waals surface area (Å²) in [6.45, 7) is 5.86. The van der Waals surface area contributed by atoms with Crippen LogP contribution < -0.4 is 5.32 Å². The molecule has 1 aromatic heterocycles. The number of nitrogens with one attached hydrogen (secondary N) is 1. The number of carbonyl (C=O) groups excluding carboxylic acids is 1. The van der Waals surface area contributed by atoms with Gasteiger partial charge in [-0.2, -0.15) is 5.26 Å². The fraction of sp³-hybridized carbons (Fsp3) is 0.529. The third kappa shape index (κ3) is 4.47. The predicted octanol–water partition coefficient (Wildman–Crippen LogP) is 2.85. The number of rotatable bonds is 8. The minimum atomic E-state index is -0.378. The molecule has 5 heteroatoms. The molecular weight excluding hydrogens is 280 g/mol. The second-order valence-electron chi connectivity index (χ2n) is 5.54. The van der Waals surface area contributed by atoms with Gasteiger partial charge in [-0.05, 0) is 37.8 Å². The van der Waals surface area contributed by atoms with E-state index in [1.54, 1.807) is 6.07 Å². The van der Waals surface area contributed by atoms with Crippen LogP contribution in [0.2, 0.25) is 0 Å². The zero-order chi connectivity index (χ0) is 15.9. The van der Waals surface area contributed by atoms with Gasteiger partial charge in [-0.3, -0.25) is 4.79 Å². The molecule has 1 aliphatic rings. The Bertz CT molecular complexity index is 583. The first-order valence-electron chi connectivity index (χ1n) is 7.73. The van der Waals surface area contributed by atoms with Gasteiger partial charge in [0.25, 0.3) is 5.91 Å². The van der Waals surface area contributed by atoms with E-state index in [2.05, 4.69) is 12.2 Å². The summed E-state index contributed by atoms with van der Waals surface area (Å²) in [6.07, 6.45) is 3.36. The van der Waals surface area contributed by atoms with E-state index < -0.39 is 0 Å². The number of hydrogen-bond acceptors (Lipinski definition) is 4. The molecule has 0 spiro atoms. The smallest absolute Gasteiger partial charge is 0.262 e. The molecule has 0 radical (unpaired) electrons. The van der Waals surface area contributed by atoms with Crippen LogP contribution in [0.4, 0.5) is 0 Å². The van der Waals surface area contributed by atoms with Crippen molar-refractivity contribution in [2.45, 2.75) is 32.6 Å². The SMILES string of the molecule is CCOCCCNC(=O)/C(C#N)=C/c1ccc([C@@H]2C[C@H]2C)o1. The molecule has 1 amide bonds. The van der Waals surface area contributed by atoms with Gasteiger partial charge in [0.05, 0.1) is 0 Å². The van der Waals surface area contributed by atoms with Gasteiger partial charge in [-0.25, -0.2) is 0 Å². The van der Waals surface area contributed by atoms with Crippen LogP contribution in [0, 0.1) is 17.2 Å². The molecule has 1 aliphatic carbocycles. The number of amides is 1. The van der Waals surface area contributed by atoms with Gasteiger partial charge in [0, 0.05) is 31.8 Å². The summed E-state index contributed by atoms with van der Waals surface area (Å²) in [4.78, 5) is 11.9. The van der Waals surface area contributed by atoms with E-state index in [-0.39, 0.29) is 11.5 Å². The standard InChI is InChI=1S/C17H22N2O3/c1-3-21-8-4-7-19-17(20)13(11-18)10-14-5-6-16(22-14)15-9-12(15)2/h5-6,10,12,15H,3-4,7-9H2,1-2H3,(H,19,20)/b13-10+/t12-,15-/m1/s1. The molecule has 0 unspecified atom stereocenters.